The molecule has 0 spiro atoms. The lowest BCUT2D eigenvalue weighted by atomic mass is 10.0. The Hall–Kier alpha value is -3.47. The quantitative estimate of drug-likeness (QED) is 0.531. The summed E-state index contributed by atoms with van der Waals surface area (Å²) in [5, 5.41) is 3.98. The molecular formula is C22H20N4O. The predicted molar refractivity (Wildman–Crippen MR) is 107 cm³/mol. The fraction of sp³-hybridized carbons (Fsp3) is 0.136. The zero-order chi connectivity index (χ0) is 18.5. The number of hydrogen-bond acceptors (Lipinski definition) is 3. The van der Waals surface area contributed by atoms with Gasteiger partial charge in [-0.15, -0.1) is 0 Å². The van der Waals surface area contributed by atoms with E-state index in [1.54, 1.807) is 24.7 Å². The number of aryl methyl sites for hydroxylation is 1. The number of anilines is 1. The van der Waals surface area contributed by atoms with Gasteiger partial charge in [-0.1, -0.05) is 24.3 Å². The van der Waals surface area contributed by atoms with E-state index in [-0.39, 0.29) is 5.91 Å². The van der Waals surface area contributed by atoms with Gasteiger partial charge in [-0.2, -0.15) is 0 Å². The number of carbonyl (C=O) groups excluding carboxylic acids is 1. The molecule has 4 aromatic rings. The highest BCUT2D eigenvalue weighted by Gasteiger charge is 2.07. The van der Waals surface area contributed by atoms with Crippen molar-refractivity contribution in [3.8, 4) is 11.1 Å². The molecule has 5 heteroatoms. The van der Waals surface area contributed by atoms with Crippen molar-refractivity contribution in [2.75, 3.05) is 5.32 Å². The summed E-state index contributed by atoms with van der Waals surface area (Å²) in [5.41, 5.74) is 5.18. The first-order chi connectivity index (χ1) is 13.3. The van der Waals surface area contributed by atoms with Crippen LogP contribution in [0.15, 0.2) is 73.3 Å². The second kappa shape index (κ2) is 7.83. The maximum Gasteiger partial charge on any atom is 0.224 e. The van der Waals surface area contributed by atoms with Crippen molar-refractivity contribution in [1.29, 1.82) is 0 Å². The van der Waals surface area contributed by atoms with E-state index < -0.39 is 0 Å². The lowest BCUT2D eigenvalue weighted by Gasteiger charge is -2.06. The summed E-state index contributed by atoms with van der Waals surface area (Å²) in [5.74, 6) is 0.0194. The van der Waals surface area contributed by atoms with E-state index in [0.29, 0.717) is 6.42 Å². The van der Waals surface area contributed by atoms with E-state index in [1.165, 1.54) is 5.56 Å². The number of aromatic amines is 1. The second-order valence-electron chi connectivity index (χ2n) is 6.44. The molecule has 0 radical (unpaired) electrons. The van der Waals surface area contributed by atoms with E-state index in [2.05, 4.69) is 50.6 Å². The van der Waals surface area contributed by atoms with Crippen LogP contribution in [0.1, 0.15) is 18.4 Å². The third kappa shape index (κ3) is 4.03. The summed E-state index contributed by atoms with van der Waals surface area (Å²) >= 11 is 0. The number of carbonyl (C=O) groups is 1. The lowest BCUT2D eigenvalue weighted by Crippen LogP contribution is -2.11. The first-order valence-corrected chi connectivity index (χ1v) is 9.01. The molecule has 0 aliphatic heterocycles. The smallest absolute Gasteiger partial charge is 0.224 e. The fourth-order valence-electron chi connectivity index (χ4n) is 3.16. The molecule has 27 heavy (non-hydrogen) atoms. The molecule has 134 valence electrons. The van der Waals surface area contributed by atoms with Crippen molar-refractivity contribution in [3.63, 3.8) is 0 Å². The van der Waals surface area contributed by atoms with E-state index in [4.69, 9.17) is 0 Å². The third-order valence-electron chi connectivity index (χ3n) is 4.53. The molecule has 0 fully saturated rings. The summed E-state index contributed by atoms with van der Waals surface area (Å²) < 4.78 is 0. The number of rotatable bonds is 6. The number of aromatic nitrogens is 3. The Labute approximate surface area is 157 Å². The maximum absolute atomic E-state index is 12.0. The zero-order valence-corrected chi connectivity index (χ0v) is 14.9. The van der Waals surface area contributed by atoms with Gasteiger partial charge in [0.15, 0.2) is 0 Å². The van der Waals surface area contributed by atoms with Gasteiger partial charge in [0.1, 0.15) is 5.65 Å². The van der Waals surface area contributed by atoms with Crippen molar-refractivity contribution in [2.45, 2.75) is 19.3 Å². The highest BCUT2D eigenvalue weighted by atomic mass is 16.1. The van der Waals surface area contributed by atoms with Crippen molar-refractivity contribution >= 4 is 22.6 Å². The van der Waals surface area contributed by atoms with Crippen molar-refractivity contribution < 1.29 is 4.79 Å². The van der Waals surface area contributed by atoms with Crippen LogP contribution in [0.25, 0.3) is 22.2 Å². The summed E-state index contributed by atoms with van der Waals surface area (Å²) in [6.45, 7) is 0. The number of fused-ring (bicyclic) bond motifs is 1. The molecule has 0 aliphatic rings. The van der Waals surface area contributed by atoms with E-state index in [0.717, 1.165) is 40.7 Å². The highest BCUT2D eigenvalue weighted by molar-refractivity contribution is 5.93. The Morgan fingerprint density at radius 1 is 1.04 bits per heavy atom. The maximum atomic E-state index is 12.0. The van der Waals surface area contributed by atoms with Gasteiger partial charge in [0.05, 0.1) is 11.9 Å². The SMILES string of the molecule is O=C(CCCc1ccc(-c2c[nH]c3ncccc23)cc1)Nc1cccnc1. The summed E-state index contributed by atoms with van der Waals surface area (Å²) in [7, 11) is 0. The van der Waals surface area contributed by atoms with Crippen LogP contribution >= 0.6 is 0 Å². The Morgan fingerprint density at radius 3 is 2.70 bits per heavy atom. The Balaban J connectivity index is 1.34. The van der Waals surface area contributed by atoms with Gasteiger partial charge in [-0.05, 0) is 48.2 Å². The van der Waals surface area contributed by atoms with Crippen molar-refractivity contribution in [1.82, 2.24) is 15.0 Å². The molecule has 3 aromatic heterocycles. The lowest BCUT2D eigenvalue weighted by molar-refractivity contribution is -0.116. The number of H-pyrrole nitrogens is 1. The molecule has 0 saturated carbocycles. The van der Waals surface area contributed by atoms with E-state index in [1.807, 2.05) is 18.3 Å². The first-order valence-electron chi connectivity index (χ1n) is 9.01. The van der Waals surface area contributed by atoms with Gasteiger partial charge < -0.3 is 10.3 Å². The Morgan fingerprint density at radius 2 is 1.89 bits per heavy atom. The summed E-state index contributed by atoms with van der Waals surface area (Å²) in [6, 6.07) is 16.2. The monoisotopic (exact) mass is 356 g/mol. The largest absolute Gasteiger partial charge is 0.346 e. The average Bonchev–Trinajstić information content (AvgIpc) is 3.13. The number of benzene rings is 1. The Kier molecular flexibility index (Phi) is 4.92. The number of pyridine rings is 2. The molecule has 1 aromatic carbocycles. The average molecular weight is 356 g/mol. The second-order valence-corrected chi connectivity index (χ2v) is 6.44. The molecule has 5 nitrogen and oxygen atoms in total. The third-order valence-corrected chi connectivity index (χ3v) is 4.53. The topological polar surface area (TPSA) is 70.7 Å². The van der Waals surface area contributed by atoms with E-state index >= 15 is 0 Å². The molecule has 0 bridgehead atoms. The molecule has 4 rings (SSSR count). The van der Waals surface area contributed by atoms with Crippen LogP contribution in [0.2, 0.25) is 0 Å². The van der Waals surface area contributed by atoms with Crippen LogP contribution in [0.3, 0.4) is 0 Å². The standard InChI is InChI=1S/C22H20N4O/c27-21(26-18-5-2-12-23-14-18)7-1-4-16-8-10-17(11-9-16)20-15-25-22-19(20)6-3-13-24-22/h2-3,5-6,8-15H,1,4,7H2,(H,24,25)(H,26,27). The van der Waals surface area contributed by atoms with Crippen molar-refractivity contribution in [3.05, 3.63) is 78.9 Å². The molecule has 2 N–H and O–H groups in total. The van der Waals surface area contributed by atoms with Crippen molar-refractivity contribution in [2.24, 2.45) is 0 Å². The van der Waals surface area contributed by atoms with Gasteiger partial charge in [0.25, 0.3) is 0 Å². The minimum Gasteiger partial charge on any atom is -0.346 e. The number of nitrogens with one attached hydrogen (secondary N) is 2. The summed E-state index contributed by atoms with van der Waals surface area (Å²) in [6.07, 6.45) is 9.29. The van der Waals surface area contributed by atoms with Crippen LogP contribution in [-0.2, 0) is 11.2 Å². The van der Waals surface area contributed by atoms with Crippen LogP contribution in [0.5, 0.6) is 0 Å². The van der Waals surface area contributed by atoms with Crippen LogP contribution < -0.4 is 5.32 Å². The molecule has 0 atom stereocenters. The van der Waals surface area contributed by atoms with Crippen LogP contribution in [0, 0.1) is 0 Å². The normalized spacial score (nSPS) is 10.8. The molecule has 3 heterocycles. The van der Waals surface area contributed by atoms with Gasteiger partial charge in [0.2, 0.25) is 5.91 Å². The zero-order valence-electron chi connectivity index (χ0n) is 14.9. The molecule has 1 amide bonds. The van der Waals surface area contributed by atoms with Gasteiger partial charge >= 0.3 is 0 Å². The van der Waals surface area contributed by atoms with Crippen LogP contribution in [-0.4, -0.2) is 20.9 Å². The van der Waals surface area contributed by atoms with E-state index in [9.17, 15) is 4.79 Å². The molecular weight excluding hydrogens is 336 g/mol. The minimum atomic E-state index is 0.0194. The highest BCUT2D eigenvalue weighted by Crippen LogP contribution is 2.27. The molecule has 0 saturated heterocycles. The molecule has 0 unspecified atom stereocenters. The summed E-state index contributed by atoms with van der Waals surface area (Å²) in [4.78, 5) is 23.5. The number of amides is 1. The predicted octanol–water partition coefficient (Wildman–Crippen LogP) is 4.59. The van der Waals surface area contributed by atoms with Gasteiger partial charge in [-0.3, -0.25) is 9.78 Å². The number of nitrogens with zero attached hydrogens (tertiary/aromatic N) is 2. The van der Waals surface area contributed by atoms with Crippen LogP contribution in [0.4, 0.5) is 5.69 Å². The molecule has 0 aliphatic carbocycles. The fourth-order valence-corrected chi connectivity index (χ4v) is 3.16. The first kappa shape index (κ1) is 17.0. The van der Waals surface area contributed by atoms with Gasteiger partial charge in [-0.25, -0.2) is 4.98 Å². The van der Waals surface area contributed by atoms with Gasteiger partial charge in [0, 0.05) is 36.0 Å². The number of hydrogen-bond donors (Lipinski definition) is 2. The Bertz CT molecular complexity index is 1040. The minimum absolute atomic E-state index is 0.0194.